The maximum Gasteiger partial charge on any atom is 0.407 e. The highest BCUT2D eigenvalue weighted by Gasteiger charge is 2.42. The number of allylic oxidation sites excluding steroid dienone is 1. The van der Waals surface area contributed by atoms with Gasteiger partial charge < -0.3 is 49.3 Å². The standard InChI is InChI=1S/C48H62N8O8/c1-29(2)41(53-47(59)61-5)45(57)55-21-13-14-38(55)43-49-26-36(51-43)32-17-15-31(16-18-32)33-19-20-35-37-27-50-44(52-37)39-25-34(28-56(39)46(58)42(30(3)4)54-48(60)62-6)63-22-11-9-7-8-10-12-23-64-40(35)24-33/h9,11,15-20,24,26-27,29-30,34,38-39,41-42H,7-8,10,12-14,21-23,25,28H2,1-6H3,(H,49,51)(H,50,52)(H,53,59)(H,54,60)/t34-,38-,39-,41-,42-/m0/s1. The van der Waals surface area contributed by atoms with Gasteiger partial charge in [0.25, 0.3) is 0 Å². The SMILES string of the molecule is COC(=O)N[C@H](C(=O)N1CCC[C@H]1c1ncc(-c2ccc(-c3ccc4c(c3)OCCCCCC=CCO[C@H]3C[C@@H](c5ncc-4[nH]5)N(C(=O)[C@@H](NC(=O)OC)C(C)C)C3)cc2)[nH]1)C(C)C. The first kappa shape index (κ1) is 45.9. The predicted octanol–water partition coefficient (Wildman–Crippen LogP) is 7.73. The van der Waals surface area contributed by atoms with Crippen LogP contribution in [0, 0.1) is 11.8 Å². The number of ether oxygens (including phenoxy) is 4. The third-order valence-electron chi connectivity index (χ3n) is 12.4. The molecule has 4 amide bonds. The van der Waals surface area contributed by atoms with Crippen molar-refractivity contribution in [3.8, 4) is 39.4 Å². The number of alkyl carbamates (subject to hydrolysis) is 2. The Morgan fingerprint density at radius 1 is 0.734 bits per heavy atom. The van der Waals surface area contributed by atoms with E-state index in [1.54, 1.807) is 22.2 Å². The Bertz CT molecular complexity index is 2270. The van der Waals surface area contributed by atoms with Crippen LogP contribution in [0.25, 0.3) is 33.6 Å². The molecule has 5 atom stereocenters. The van der Waals surface area contributed by atoms with Crippen molar-refractivity contribution >= 4 is 24.0 Å². The van der Waals surface area contributed by atoms with Gasteiger partial charge in [-0.05, 0) is 79.2 Å². The molecule has 7 rings (SSSR count). The van der Waals surface area contributed by atoms with E-state index in [4.69, 9.17) is 28.9 Å². The molecule has 0 radical (unpaired) electrons. The average Bonchev–Trinajstić information content (AvgIpc) is 4.14. The Morgan fingerprint density at radius 3 is 2.05 bits per heavy atom. The van der Waals surface area contributed by atoms with Gasteiger partial charge in [-0.25, -0.2) is 19.6 Å². The van der Waals surface area contributed by atoms with Crippen LogP contribution in [0.2, 0.25) is 0 Å². The number of carbonyl (C=O) groups excluding carboxylic acids is 4. The molecule has 0 spiro atoms. The van der Waals surface area contributed by atoms with E-state index in [9.17, 15) is 19.2 Å². The molecule has 0 saturated carbocycles. The number of methoxy groups -OCH3 is 2. The molecule has 342 valence electrons. The van der Waals surface area contributed by atoms with Gasteiger partial charge >= 0.3 is 12.2 Å². The van der Waals surface area contributed by atoms with Crippen LogP contribution >= 0.6 is 0 Å². The minimum Gasteiger partial charge on any atom is -0.493 e. The van der Waals surface area contributed by atoms with Crippen LogP contribution in [0.1, 0.15) is 96.4 Å². The molecule has 4 aromatic rings. The zero-order valence-corrected chi connectivity index (χ0v) is 37.7. The topological polar surface area (TPSA) is 193 Å². The fourth-order valence-corrected chi connectivity index (χ4v) is 8.77. The molecule has 3 aliphatic heterocycles. The molecule has 16 heteroatoms. The number of imidazole rings is 2. The number of likely N-dealkylation sites (tertiary alicyclic amines) is 2. The van der Waals surface area contributed by atoms with Crippen molar-refractivity contribution in [1.82, 2.24) is 40.4 Å². The number of rotatable bonds is 9. The maximum absolute atomic E-state index is 14.1. The van der Waals surface area contributed by atoms with Crippen LogP contribution in [0.5, 0.6) is 5.75 Å². The van der Waals surface area contributed by atoms with Crippen molar-refractivity contribution in [1.29, 1.82) is 0 Å². The number of nitrogens with zero attached hydrogens (tertiary/aromatic N) is 4. The second-order valence-corrected chi connectivity index (χ2v) is 17.4. The highest BCUT2D eigenvalue weighted by Crippen LogP contribution is 2.39. The fraction of sp³-hybridized carbons (Fsp3) is 0.500. The van der Waals surface area contributed by atoms with E-state index in [2.05, 4.69) is 50.9 Å². The van der Waals surface area contributed by atoms with Gasteiger partial charge in [-0.1, -0.05) is 70.2 Å². The number of hydrogen-bond acceptors (Lipinski definition) is 10. The van der Waals surface area contributed by atoms with Gasteiger partial charge in [0, 0.05) is 25.1 Å². The minimum absolute atomic E-state index is 0.120. The molecule has 2 aromatic heterocycles. The summed E-state index contributed by atoms with van der Waals surface area (Å²) >= 11 is 0. The lowest BCUT2D eigenvalue weighted by atomic mass is 10.00. The molecule has 16 nitrogen and oxygen atoms in total. The summed E-state index contributed by atoms with van der Waals surface area (Å²) in [7, 11) is 2.57. The normalized spacial score (nSPS) is 20.2. The third-order valence-corrected chi connectivity index (χ3v) is 12.4. The quantitative estimate of drug-likeness (QED) is 0.121. The summed E-state index contributed by atoms with van der Waals surface area (Å²) in [5, 5.41) is 5.44. The van der Waals surface area contributed by atoms with Gasteiger partial charge in [0.15, 0.2) is 0 Å². The number of aromatic amines is 2. The lowest BCUT2D eigenvalue weighted by molar-refractivity contribution is -0.136. The molecular weight excluding hydrogens is 817 g/mol. The Morgan fingerprint density at radius 2 is 1.36 bits per heavy atom. The number of H-pyrrole nitrogens is 2. The lowest BCUT2D eigenvalue weighted by Gasteiger charge is -2.30. The van der Waals surface area contributed by atoms with Crippen LogP contribution in [-0.4, -0.2) is 112 Å². The van der Waals surface area contributed by atoms with Gasteiger partial charge in [0.1, 0.15) is 29.5 Å². The van der Waals surface area contributed by atoms with Crippen molar-refractivity contribution in [3.63, 3.8) is 0 Å². The second-order valence-electron chi connectivity index (χ2n) is 17.4. The minimum atomic E-state index is -0.787. The maximum atomic E-state index is 14.1. The van der Waals surface area contributed by atoms with E-state index < -0.39 is 30.3 Å². The highest BCUT2D eigenvalue weighted by atomic mass is 16.5. The first-order chi connectivity index (χ1) is 30.9. The highest BCUT2D eigenvalue weighted by molar-refractivity contribution is 5.87. The Labute approximate surface area is 374 Å². The number of fused-ring (bicyclic) bond motifs is 7. The Kier molecular flexibility index (Phi) is 15.1. The average molecular weight is 879 g/mol. The van der Waals surface area contributed by atoms with Crippen LogP contribution in [-0.2, 0) is 23.8 Å². The Balaban J connectivity index is 1.12. The van der Waals surface area contributed by atoms with E-state index >= 15 is 0 Å². The Hall–Kier alpha value is -6.16. The predicted molar refractivity (Wildman–Crippen MR) is 241 cm³/mol. The monoisotopic (exact) mass is 878 g/mol. The fourth-order valence-electron chi connectivity index (χ4n) is 8.77. The summed E-state index contributed by atoms with van der Waals surface area (Å²) in [6, 6.07) is 12.3. The van der Waals surface area contributed by atoms with E-state index in [0.29, 0.717) is 44.4 Å². The summed E-state index contributed by atoms with van der Waals surface area (Å²) in [5.41, 5.74) is 5.38. The van der Waals surface area contributed by atoms with Crippen LogP contribution < -0.4 is 15.4 Å². The summed E-state index contributed by atoms with van der Waals surface area (Å²) in [6.45, 7) is 9.52. The molecule has 2 aromatic carbocycles. The zero-order chi connectivity index (χ0) is 45.3. The van der Waals surface area contributed by atoms with Crippen molar-refractivity contribution in [3.05, 3.63) is 78.7 Å². The molecule has 2 saturated heterocycles. The molecule has 64 heavy (non-hydrogen) atoms. The van der Waals surface area contributed by atoms with Crippen molar-refractivity contribution < 1.29 is 38.1 Å². The van der Waals surface area contributed by atoms with E-state index in [1.165, 1.54) is 14.2 Å². The number of benzene rings is 2. The van der Waals surface area contributed by atoms with Crippen molar-refractivity contribution in [2.45, 2.75) is 103 Å². The summed E-state index contributed by atoms with van der Waals surface area (Å²) in [4.78, 5) is 72.2. The van der Waals surface area contributed by atoms with E-state index in [-0.39, 0.29) is 35.8 Å². The van der Waals surface area contributed by atoms with Crippen molar-refractivity contribution in [2.24, 2.45) is 11.8 Å². The lowest BCUT2D eigenvalue weighted by Crippen LogP contribution is -2.51. The molecule has 0 unspecified atom stereocenters. The van der Waals surface area contributed by atoms with Gasteiger partial charge in [-0.3, -0.25) is 9.59 Å². The van der Waals surface area contributed by atoms with Crippen LogP contribution in [0.3, 0.4) is 0 Å². The molecule has 3 aliphatic rings. The number of carbonyl (C=O) groups is 4. The number of nitrogens with one attached hydrogen (secondary N) is 4. The number of hydrogen-bond donors (Lipinski definition) is 4. The zero-order valence-electron chi connectivity index (χ0n) is 37.7. The number of aromatic nitrogens is 4. The first-order valence-corrected chi connectivity index (χ1v) is 22.5. The number of amides is 4. The van der Waals surface area contributed by atoms with E-state index in [0.717, 1.165) is 77.9 Å². The van der Waals surface area contributed by atoms with Crippen molar-refractivity contribution in [2.75, 3.05) is 40.5 Å². The molecule has 4 bridgehead atoms. The van der Waals surface area contributed by atoms with E-state index in [1.807, 2.05) is 52.0 Å². The summed E-state index contributed by atoms with van der Waals surface area (Å²) in [5.74, 6) is 1.38. The molecular formula is C48H62N8O8. The van der Waals surface area contributed by atoms with Gasteiger partial charge in [-0.15, -0.1) is 0 Å². The van der Waals surface area contributed by atoms with Gasteiger partial charge in [0.2, 0.25) is 11.8 Å². The van der Waals surface area contributed by atoms with Crippen LogP contribution in [0.15, 0.2) is 67.0 Å². The largest absolute Gasteiger partial charge is 0.493 e. The van der Waals surface area contributed by atoms with Crippen LogP contribution in [0.4, 0.5) is 9.59 Å². The molecule has 0 aliphatic carbocycles. The molecule has 4 N–H and O–H groups in total. The third kappa shape index (κ3) is 10.6. The smallest absolute Gasteiger partial charge is 0.407 e. The molecule has 5 heterocycles. The first-order valence-electron chi connectivity index (χ1n) is 22.5. The molecule has 2 fully saturated rings. The van der Waals surface area contributed by atoms with Gasteiger partial charge in [-0.2, -0.15) is 0 Å². The second kappa shape index (κ2) is 21.0. The summed E-state index contributed by atoms with van der Waals surface area (Å²) in [6.07, 6.45) is 12.3. The summed E-state index contributed by atoms with van der Waals surface area (Å²) < 4.78 is 22.4. The van der Waals surface area contributed by atoms with Gasteiger partial charge in [0.05, 0.1) is 69.4 Å².